The van der Waals surface area contributed by atoms with E-state index in [0.29, 0.717) is 5.69 Å². The molecule has 0 radical (unpaired) electrons. The van der Waals surface area contributed by atoms with Crippen molar-refractivity contribution in [3.63, 3.8) is 0 Å². The number of hydrogen-bond acceptors (Lipinski definition) is 4. The fourth-order valence-corrected chi connectivity index (χ4v) is 1.37. The number of carbonyl (C=O) groups is 1. The summed E-state index contributed by atoms with van der Waals surface area (Å²) in [5.41, 5.74) is 0.543. The van der Waals surface area contributed by atoms with Gasteiger partial charge < -0.3 is 10.4 Å². The van der Waals surface area contributed by atoms with Gasteiger partial charge in [-0.3, -0.25) is 4.79 Å². The van der Waals surface area contributed by atoms with E-state index in [1.54, 1.807) is 19.1 Å². The fraction of sp³-hybridized carbons (Fsp3) is 0.182. The van der Waals surface area contributed by atoms with Crippen molar-refractivity contribution in [1.29, 1.82) is 0 Å². The quantitative estimate of drug-likeness (QED) is 0.832. The van der Waals surface area contributed by atoms with Gasteiger partial charge in [0, 0.05) is 11.8 Å². The molecule has 1 atom stereocenters. The summed E-state index contributed by atoms with van der Waals surface area (Å²) < 4.78 is 1.46. The summed E-state index contributed by atoms with van der Waals surface area (Å²) in [4.78, 5) is 15.6. The van der Waals surface area contributed by atoms with E-state index in [2.05, 4.69) is 15.4 Å². The molecule has 0 aliphatic heterocycles. The molecule has 1 aromatic carbocycles. The second-order valence-corrected chi connectivity index (χ2v) is 3.59. The number of nitrogens with zero attached hydrogens (tertiary/aromatic N) is 3. The van der Waals surface area contributed by atoms with Crippen LogP contribution < -0.4 is 5.32 Å². The number of rotatable bonds is 3. The summed E-state index contributed by atoms with van der Waals surface area (Å²) in [6.07, 6.45) is 2.85. The molecule has 17 heavy (non-hydrogen) atoms. The molecule has 2 aromatic rings. The van der Waals surface area contributed by atoms with Gasteiger partial charge >= 0.3 is 0 Å². The van der Waals surface area contributed by atoms with E-state index in [9.17, 15) is 9.90 Å². The predicted octanol–water partition coefficient (Wildman–Crippen LogP) is 1.18. The summed E-state index contributed by atoms with van der Waals surface area (Å²) in [5, 5.41) is 15.8. The number of phenols is 1. The molecule has 0 saturated carbocycles. The number of anilines is 1. The van der Waals surface area contributed by atoms with E-state index in [1.165, 1.54) is 29.5 Å². The average molecular weight is 232 g/mol. The summed E-state index contributed by atoms with van der Waals surface area (Å²) in [7, 11) is 0. The molecule has 0 spiro atoms. The Morgan fingerprint density at radius 1 is 1.53 bits per heavy atom. The normalized spacial score (nSPS) is 12.1. The lowest BCUT2D eigenvalue weighted by Crippen LogP contribution is -2.23. The molecule has 2 N–H and O–H groups in total. The van der Waals surface area contributed by atoms with Crippen molar-refractivity contribution < 1.29 is 9.90 Å². The maximum absolute atomic E-state index is 11.8. The van der Waals surface area contributed by atoms with Gasteiger partial charge in [0.15, 0.2) is 0 Å². The van der Waals surface area contributed by atoms with Crippen LogP contribution in [0.5, 0.6) is 5.75 Å². The van der Waals surface area contributed by atoms with Gasteiger partial charge in [-0.2, -0.15) is 5.10 Å². The van der Waals surface area contributed by atoms with Gasteiger partial charge in [-0.1, -0.05) is 6.07 Å². The molecule has 1 unspecified atom stereocenters. The number of hydrogen-bond donors (Lipinski definition) is 2. The largest absolute Gasteiger partial charge is 0.508 e. The first kappa shape index (κ1) is 11.1. The first-order valence-electron chi connectivity index (χ1n) is 5.11. The highest BCUT2D eigenvalue weighted by atomic mass is 16.3. The number of nitrogens with one attached hydrogen (secondary N) is 1. The average Bonchev–Trinajstić information content (AvgIpc) is 2.81. The van der Waals surface area contributed by atoms with Crippen LogP contribution in [0.15, 0.2) is 36.9 Å². The van der Waals surface area contributed by atoms with E-state index >= 15 is 0 Å². The minimum atomic E-state index is -0.458. The topological polar surface area (TPSA) is 80.0 Å². The molecule has 0 saturated heterocycles. The Bertz CT molecular complexity index is 510. The smallest absolute Gasteiger partial charge is 0.249 e. The van der Waals surface area contributed by atoms with Crippen LogP contribution in [0.1, 0.15) is 13.0 Å². The Kier molecular flexibility index (Phi) is 3.04. The van der Waals surface area contributed by atoms with Crippen molar-refractivity contribution >= 4 is 11.6 Å². The molecule has 1 amide bonds. The third kappa shape index (κ3) is 2.60. The first-order valence-corrected chi connectivity index (χ1v) is 5.11. The molecule has 6 heteroatoms. The Morgan fingerprint density at radius 3 is 3.00 bits per heavy atom. The monoisotopic (exact) mass is 232 g/mol. The van der Waals surface area contributed by atoms with E-state index < -0.39 is 6.04 Å². The Morgan fingerprint density at radius 2 is 2.35 bits per heavy atom. The number of aromatic hydroxyl groups is 1. The SMILES string of the molecule is CC(C(=O)Nc1cccc(O)c1)n1cncn1. The summed E-state index contributed by atoms with van der Waals surface area (Å²) >= 11 is 0. The van der Waals surface area contributed by atoms with Gasteiger partial charge in [-0.05, 0) is 19.1 Å². The molecule has 0 aliphatic carbocycles. The standard InChI is InChI=1S/C11H12N4O2/c1-8(15-7-12-6-13-15)11(17)14-9-3-2-4-10(16)5-9/h2-8,16H,1H3,(H,14,17). The van der Waals surface area contributed by atoms with Crippen LogP contribution in [-0.2, 0) is 4.79 Å². The second kappa shape index (κ2) is 4.65. The van der Waals surface area contributed by atoms with Crippen LogP contribution in [0, 0.1) is 0 Å². The van der Waals surface area contributed by atoms with Crippen molar-refractivity contribution in [2.45, 2.75) is 13.0 Å². The molecule has 0 bridgehead atoms. The van der Waals surface area contributed by atoms with Crippen molar-refractivity contribution in [2.75, 3.05) is 5.32 Å². The number of amides is 1. The molecule has 0 fully saturated rings. The Hall–Kier alpha value is -2.37. The van der Waals surface area contributed by atoms with E-state index in [1.807, 2.05) is 0 Å². The van der Waals surface area contributed by atoms with Gasteiger partial charge in [-0.15, -0.1) is 0 Å². The molecular weight excluding hydrogens is 220 g/mol. The third-order valence-corrected chi connectivity index (χ3v) is 2.33. The lowest BCUT2D eigenvalue weighted by molar-refractivity contribution is -0.119. The zero-order chi connectivity index (χ0) is 12.3. The fourth-order valence-electron chi connectivity index (χ4n) is 1.37. The van der Waals surface area contributed by atoms with E-state index in [0.717, 1.165) is 0 Å². The minimum absolute atomic E-state index is 0.108. The third-order valence-electron chi connectivity index (χ3n) is 2.33. The van der Waals surface area contributed by atoms with Crippen LogP contribution >= 0.6 is 0 Å². The van der Waals surface area contributed by atoms with E-state index in [4.69, 9.17) is 0 Å². The van der Waals surface area contributed by atoms with E-state index in [-0.39, 0.29) is 11.7 Å². The molecule has 1 heterocycles. The minimum Gasteiger partial charge on any atom is -0.508 e. The maximum atomic E-state index is 11.8. The number of aromatic nitrogens is 3. The predicted molar refractivity (Wildman–Crippen MR) is 61.5 cm³/mol. The molecular formula is C11H12N4O2. The lowest BCUT2D eigenvalue weighted by atomic mass is 10.2. The van der Waals surface area contributed by atoms with Crippen LogP contribution in [0.3, 0.4) is 0 Å². The zero-order valence-electron chi connectivity index (χ0n) is 9.24. The highest BCUT2D eigenvalue weighted by Gasteiger charge is 2.15. The molecule has 2 rings (SSSR count). The second-order valence-electron chi connectivity index (χ2n) is 3.59. The lowest BCUT2D eigenvalue weighted by Gasteiger charge is -2.12. The number of benzene rings is 1. The molecule has 6 nitrogen and oxygen atoms in total. The zero-order valence-corrected chi connectivity index (χ0v) is 9.24. The van der Waals surface area contributed by atoms with Crippen molar-refractivity contribution in [3.8, 4) is 5.75 Å². The molecule has 88 valence electrons. The van der Waals surface area contributed by atoms with Gasteiger partial charge in [-0.25, -0.2) is 9.67 Å². The van der Waals surface area contributed by atoms with Gasteiger partial charge in [0.2, 0.25) is 5.91 Å². The van der Waals surface area contributed by atoms with Crippen LogP contribution in [0.4, 0.5) is 5.69 Å². The van der Waals surface area contributed by atoms with Crippen LogP contribution in [-0.4, -0.2) is 25.8 Å². The molecule has 0 aliphatic rings. The highest BCUT2D eigenvalue weighted by molar-refractivity contribution is 5.93. The Balaban J connectivity index is 2.07. The van der Waals surface area contributed by atoms with Crippen molar-refractivity contribution in [2.24, 2.45) is 0 Å². The first-order chi connectivity index (χ1) is 8.16. The maximum Gasteiger partial charge on any atom is 0.249 e. The van der Waals surface area contributed by atoms with Crippen LogP contribution in [0.25, 0.3) is 0 Å². The highest BCUT2D eigenvalue weighted by Crippen LogP contribution is 2.16. The summed E-state index contributed by atoms with van der Waals surface area (Å²) in [6.45, 7) is 1.72. The number of carbonyl (C=O) groups excluding carboxylic acids is 1. The van der Waals surface area contributed by atoms with Gasteiger partial charge in [0.25, 0.3) is 0 Å². The van der Waals surface area contributed by atoms with Crippen LogP contribution in [0.2, 0.25) is 0 Å². The summed E-state index contributed by atoms with van der Waals surface area (Å²) in [6, 6.07) is 5.92. The Labute approximate surface area is 97.9 Å². The van der Waals surface area contributed by atoms with Gasteiger partial charge in [0.05, 0.1) is 0 Å². The van der Waals surface area contributed by atoms with Crippen molar-refractivity contribution in [3.05, 3.63) is 36.9 Å². The van der Waals surface area contributed by atoms with Crippen molar-refractivity contribution in [1.82, 2.24) is 14.8 Å². The summed E-state index contributed by atoms with van der Waals surface area (Å²) in [5.74, 6) is -0.114. The number of phenolic OH excluding ortho intramolecular Hbond substituents is 1. The van der Waals surface area contributed by atoms with Gasteiger partial charge in [0.1, 0.15) is 24.4 Å². The molecule has 1 aromatic heterocycles.